The molecule has 31 heavy (non-hydrogen) atoms. The van der Waals surface area contributed by atoms with Crippen molar-refractivity contribution in [2.75, 3.05) is 31.6 Å². The summed E-state index contributed by atoms with van der Waals surface area (Å²) < 4.78 is 38.0. The number of halogens is 2. The van der Waals surface area contributed by atoms with E-state index in [-0.39, 0.29) is 34.3 Å². The maximum Gasteiger partial charge on any atom is 0.340 e. The predicted molar refractivity (Wildman–Crippen MR) is 119 cm³/mol. The summed E-state index contributed by atoms with van der Waals surface area (Å²) in [5.41, 5.74) is 0.386. The fourth-order valence-corrected chi connectivity index (χ4v) is 4.86. The second-order valence-electron chi connectivity index (χ2n) is 6.71. The number of anilines is 1. The first-order valence-electron chi connectivity index (χ1n) is 9.33. The van der Waals surface area contributed by atoms with Crippen LogP contribution < -0.4 is 5.32 Å². The minimum Gasteiger partial charge on any atom is -0.449 e. The molecule has 1 amide bonds. The Balaban J connectivity index is 1.68. The van der Waals surface area contributed by atoms with Crippen LogP contribution in [0.25, 0.3) is 0 Å². The van der Waals surface area contributed by atoms with Gasteiger partial charge in [0.25, 0.3) is 5.91 Å². The van der Waals surface area contributed by atoms with Crippen LogP contribution in [0.3, 0.4) is 0 Å². The zero-order chi connectivity index (χ0) is 22.6. The lowest BCUT2D eigenvalue weighted by molar-refractivity contribution is -0.123. The molecule has 1 heterocycles. The maximum absolute atomic E-state index is 12.8. The number of rotatable bonds is 6. The van der Waals surface area contributed by atoms with Crippen LogP contribution in [-0.4, -0.2) is 57.0 Å². The number of hydrogen-bond acceptors (Lipinski definition) is 6. The average Bonchev–Trinajstić information content (AvgIpc) is 2.76. The van der Waals surface area contributed by atoms with Gasteiger partial charge in [-0.15, -0.1) is 0 Å². The van der Waals surface area contributed by atoms with Crippen molar-refractivity contribution in [3.05, 3.63) is 57.5 Å². The lowest BCUT2D eigenvalue weighted by Crippen LogP contribution is -2.40. The molecule has 1 aliphatic rings. The summed E-state index contributed by atoms with van der Waals surface area (Å²) in [6.07, 6.45) is -1.14. The molecule has 0 saturated carbocycles. The van der Waals surface area contributed by atoms with Crippen molar-refractivity contribution < 1.29 is 27.5 Å². The van der Waals surface area contributed by atoms with Crippen LogP contribution in [0.4, 0.5) is 5.69 Å². The first kappa shape index (κ1) is 23.7. The van der Waals surface area contributed by atoms with Gasteiger partial charge in [0.15, 0.2) is 6.10 Å². The van der Waals surface area contributed by atoms with Gasteiger partial charge in [0.2, 0.25) is 10.0 Å². The van der Waals surface area contributed by atoms with Gasteiger partial charge in [-0.25, -0.2) is 13.2 Å². The number of nitrogens with zero attached hydrogens (tertiary/aromatic N) is 1. The summed E-state index contributed by atoms with van der Waals surface area (Å²) >= 11 is 9.27. The number of benzene rings is 2. The highest BCUT2D eigenvalue weighted by molar-refractivity contribution is 9.10. The van der Waals surface area contributed by atoms with Crippen LogP contribution in [-0.2, 0) is 24.3 Å². The van der Waals surface area contributed by atoms with E-state index in [0.717, 1.165) is 0 Å². The number of sulfonamides is 1. The number of esters is 1. The molecule has 1 aliphatic heterocycles. The molecule has 1 unspecified atom stereocenters. The number of nitrogens with one attached hydrogen (secondary N) is 1. The van der Waals surface area contributed by atoms with Crippen molar-refractivity contribution in [1.82, 2.24) is 4.31 Å². The minimum atomic E-state index is -3.71. The predicted octanol–water partition coefficient (Wildman–Crippen LogP) is 3.31. The zero-order valence-electron chi connectivity index (χ0n) is 16.5. The standard InChI is InChI=1S/C20H20BrClN2O6S/c1-13(30-20(26)17-11-14(21)5-6-18(17)22)19(25)23-15-3-2-4-16(12-15)31(27,28)24-7-9-29-10-8-24/h2-6,11-13H,7-10H2,1H3,(H,23,25). The number of hydrogen-bond donors (Lipinski definition) is 1. The Hall–Kier alpha value is -1.98. The molecule has 0 aliphatic carbocycles. The Kier molecular flexibility index (Phi) is 7.71. The van der Waals surface area contributed by atoms with Crippen LogP contribution >= 0.6 is 27.5 Å². The van der Waals surface area contributed by atoms with Gasteiger partial charge in [-0.05, 0) is 43.3 Å². The van der Waals surface area contributed by atoms with Gasteiger partial charge in [-0.1, -0.05) is 33.6 Å². The lowest BCUT2D eigenvalue weighted by Gasteiger charge is -2.26. The van der Waals surface area contributed by atoms with E-state index < -0.39 is 28.0 Å². The smallest absolute Gasteiger partial charge is 0.340 e. The van der Waals surface area contributed by atoms with Crippen molar-refractivity contribution in [1.29, 1.82) is 0 Å². The largest absolute Gasteiger partial charge is 0.449 e. The molecule has 11 heteroatoms. The molecule has 1 atom stereocenters. The molecule has 1 saturated heterocycles. The number of morpholine rings is 1. The van der Waals surface area contributed by atoms with Crippen LogP contribution in [0.5, 0.6) is 0 Å². The van der Waals surface area contributed by atoms with Crippen LogP contribution in [0.2, 0.25) is 5.02 Å². The van der Waals surface area contributed by atoms with E-state index in [2.05, 4.69) is 21.2 Å². The SMILES string of the molecule is CC(OC(=O)c1cc(Br)ccc1Cl)C(=O)Nc1cccc(S(=O)(=O)N2CCOCC2)c1. The minimum absolute atomic E-state index is 0.0535. The molecule has 0 bridgehead atoms. The van der Waals surface area contributed by atoms with E-state index in [1.807, 2.05) is 0 Å². The quantitative estimate of drug-likeness (QED) is 0.574. The molecule has 8 nitrogen and oxygen atoms in total. The summed E-state index contributed by atoms with van der Waals surface area (Å²) in [6.45, 7) is 2.61. The third kappa shape index (κ3) is 5.83. The number of carbonyl (C=O) groups excluding carboxylic acids is 2. The molecule has 0 aromatic heterocycles. The van der Waals surface area contributed by atoms with Crippen molar-refractivity contribution in [2.45, 2.75) is 17.9 Å². The number of carbonyl (C=O) groups is 2. The normalized spacial score (nSPS) is 15.8. The van der Waals surface area contributed by atoms with Gasteiger partial charge in [-0.2, -0.15) is 4.31 Å². The summed E-state index contributed by atoms with van der Waals surface area (Å²) in [5.74, 6) is -1.36. The first-order chi connectivity index (χ1) is 14.7. The Morgan fingerprint density at radius 3 is 2.61 bits per heavy atom. The molecule has 1 N–H and O–H groups in total. The van der Waals surface area contributed by atoms with E-state index in [0.29, 0.717) is 17.7 Å². The Morgan fingerprint density at radius 2 is 1.90 bits per heavy atom. The zero-order valence-corrected chi connectivity index (χ0v) is 19.7. The highest BCUT2D eigenvalue weighted by atomic mass is 79.9. The lowest BCUT2D eigenvalue weighted by atomic mass is 10.2. The topological polar surface area (TPSA) is 102 Å². The summed E-state index contributed by atoms with van der Waals surface area (Å²) in [6, 6.07) is 10.6. The molecule has 1 fully saturated rings. The average molecular weight is 532 g/mol. The summed E-state index contributed by atoms with van der Waals surface area (Å²) in [5, 5.41) is 2.77. The molecular formula is C20H20BrClN2O6S. The second-order valence-corrected chi connectivity index (χ2v) is 9.97. The summed E-state index contributed by atoms with van der Waals surface area (Å²) in [7, 11) is -3.71. The van der Waals surface area contributed by atoms with Crippen LogP contribution in [0.1, 0.15) is 17.3 Å². The Bertz CT molecular complexity index is 1090. The highest BCUT2D eigenvalue weighted by Crippen LogP contribution is 2.23. The van der Waals surface area contributed by atoms with E-state index in [4.69, 9.17) is 21.1 Å². The molecule has 3 rings (SSSR count). The van der Waals surface area contributed by atoms with Gasteiger partial charge < -0.3 is 14.8 Å². The fourth-order valence-electron chi connectivity index (χ4n) is 2.85. The molecule has 2 aromatic carbocycles. The fraction of sp³-hybridized carbons (Fsp3) is 0.300. The highest BCUT2D eigenvalue weighted by Gasteiger charge is 2.27. The van der Waals surface area contributed by atoms with Gasteiger partial charge in [0, 0.05) is 23.2 Å². The molecule has 0 spiro atoms. The van der Waals surface area contributed by atoms with E-state index in [9.17, 15) is 18.0 Å². The second kappa shape index (κ2) is 10.1. The van der Waals surface area contributed by atoms with Crippen molar-refractivity contribution in [3.63, 3.8) is 0 Å². The number of ether oxygens (including phenoxy) is 2. The molecule has 2 aromatic rings. The third-order valence-electron chi connectivity index (χ3n) is 4.51. The monoisotopic (exact) mass is 530 g/mol. The van der Waals surface area contributed by atoms with Crippen molar-refractivity contribution >= 4 is 55.1 Å². The molecule has 0 radical (unpaired) electrons. The Morgan fingerprint density at radius 1 is 1.19 bits per heavy atom. The van der Waals surface area contributed by atoms with Crippen molar-refractivity contribution in [3.8, 4) is 0 Å². The molecule has 166 valence electrons. The van der Waals surface area contributed by atoms with Gasteiger partial charge in [0.1, 0.15) is 0 Å². The van der Waals surface area contributed by atoms with Crippen molar-refractivity contribution in [2.24, 2.45) is 0 Å². The maximum atomic E-state index is 12.8. The van der Waals surface area contributed by atoms with Crippen LogP contribution in [0.15, 0.2) is 51.8 Å². The Labute approximate surface area is 193 Å². The molecular weight excluding hydrogens is 512 g/mol. The number of amides is 1. The van der Waals surface area contributed by atoms with Crippen LogP contribution in [0, 0.1) is 0 Å². The first-order valence-corrected chi connectivity index (χ1v) is 11.9. The van der Waals surface area contributed by atoms with Gasteiger partial charge in [-0.3, -0.25) is 4.79 Å². The van der Waals surface area contributed by atoms with Gasteiger partial charge >= 0.3 is 5.97 Å². The van der Waals surface area contributed by atoms with E-state index >= 15 is 0 Å². The third-order valence-corrected chi connectivity index (χ3v) is 7.23. The van der Waals surface area contributed by atoms with Gasteiger partial charge in [0.05, 0.1) is 28.7 Å². The summed E-state index contributed by atoms with van der Waals surface area (Å²) in [4.78, 5) is 24.9. The van der Waals surface area contributed by atoms with E-state index in [1.54, 1.807) is 12.1 Å². The van der Waals surface area contributed by atoms with E-state index in [1.165, 1.54) is 41.6 Å².